The van der Waals surface area contributed by atoms with Crippen LogP contribution in [-0.2, 0) is 11.2 Å². The molecule has 168 valence electrons. The molecule has 1 aliphatic heterocycles. The zero-order valence-corrected chi connectivity index (χ0v) is 19.1. The number of carboxylic acid groups (broad SMARTS) is 1. The van der Waals surface area contributed by atoms with Crippen LogP contribution in [0.2, 0.25) is 5.02 Å². The Hall–Kier alpha value is -3.89. The van der Waals surface area contributed by atoms with Gasteiger partial charge in [0.25, 0.3) is 0 Å². The van der Waals surface area contributed by atoms with E-state index < -0.39 is 5.97 Å². The number of carbonyl (C=O) groups excluding carboxylic acids is 1. The van der Waals surface area contributed by atoms with E-state index in [1.807, 2.05) is 42.5 Å². The maximum atomic E-state index is 12.5. The van der Waals surface area contributed by atoms with Crippen molar-refractivity contribution in [2.75, 3.05) is 5.32 Å². The molecule has 1 heterocycles. The molecule has 0 aromatic heterocycles. The number of para-hydroxylation sites is 1. The van der Waals surface area contributed by atoms with Crippen LogP contribution in [0.25, 0.3) is 18.2 Å². The summed E-state index contributed by atoms with van der Waals surface area (Å²) < 4.78 is 0. The van der Waals surface area contributed by atoms with Crippen LogP contribution < -0.4 is 15.8 Å². The van der Waals surface area contributed by atoms with E-state index in [1.165, 1.54) is 10.8 Å². The van der Waals surface area contributed by atoms with E-state index >= 15 is 0 Å². The van der Waals surface area contributed by atoms with Gasteiger partial charge < -0.3 is 10.4 Å². The summed E-state index contributed by atoms with van der Waals surface area (Å²) in [6, 6.07) is 17.6. The smallest absolute Gasteiger partial charge is 0.335 e. The Balaban J connectivity index is 0.000000152. The summed E-state index contributed by atoms with van der Waals surface area (Å²) in [5, 5.41) is 16.7. The molecule has 0 saturated carbocycles. The molecule has 6 rings (SSSR count). The monoisotopic (exact) mass is 467 g/mol. The zero-order valence-electron chi connectivity index (χ0n) is 18.3. The molecule has 0 radical (unpaired) electrons. The third-order valence-electron chi connectivity index (χ3n) is 6.23. The van der Waals surface area contributed by atoms with Gasteiger partial charge in [-0.25, -0.2) is 4.79 Å². The molecule has 0 atom stereocenters. The molecule has 3 aromatic carbocycles. The first kappa shape index (κ1) is 21.9. The summed E-state index contributed by atoms with van der Waals surface area (Å²) >= 11 is 6.23. The Morgan fingerprint density at radius 2 is 1.82 bits per heavy atom. The van der Waals surface area contributed by atoms with Gasteiger partial charge >= 0.3 is 5.97 Å². The number of anilines is 1. The Bertz CT molecular complexity index is 1620. The molecule has 0 fully saturated rings. The molecule has 0 saturated heterocycles. The molecule has 3 aliphatic rings. The highest BCUT2D eigenvalue weighted by Crippen LogP contribution is 2.21. The largest absolute Gasteiger partial charge is 0.478 e. The van der Waals surface area contributed by atoms with Crippen molar-refractivity contribution in [2.45, 2.75) is 19.3 Å². The number of nitrogens with one attached hydrogen (secondary N) is 1. The number of Topliss-reactive ketones (excluding diaryl/α,β-unsaturated/α-hetero) is 1. The van der Waals surface area contributed by atoms with E-state index in [0.29, 0.717) is 5.02 Å². The quantitative estimate of drug-likeness (QED) is 0.538. The van der Waals surface area contributed by atoms with Crippen LogP contribution in [0.3, 0.4) is 0 Å². The number of fused-ring (bicyclic) bond motifs is 5. The number of halogens is 1. The third-order valence-corrected chi connectivity index (χ3v) is 6.56. The molecule has 2 N–H and O–H groups in total. The van der Waals surface area contributed by atoms with Crippen molar-refractivity contribution in [1.82, 2.24) is 0 Å². The van der Waals surface area contributed by atoms with Gasteiger partial charge in [0.1, 0.15) is 0 Å². The van der Waals surface area contributed by atoms with E-state index in [1.54, 1.807) is 24.4 Å². The minimum Gasteiger partial charge on any atom is -0.478 e. The van der Waals surface area contributed by atoms with Crippen molar-refractivity contribution in [1.29, 1.82) is 0 Å². The fraction of sp³-hybridized carbons (Fsp3) is 0.103. The second-order valence-electron chi connectivity index (χ2n) is 8.33. The number of hydrogen-bond acceptors (Lipinski definition) is 3. The van der Waals surface area contributed by atoms with Gasteiger partial charge in [-0.1, -0.05) is 60.1 Å². The lowest BCUT2D eigenvalue weighted by molar-refractivity contribution is -0.132. The first-order chi connectivity index (χ1) is 16.5. The zero-order chi connectivity index (χ0) is 23.7. The molecule has 34 heavy (non-hydrogen) atoms. The van der Waals surface area contributed by atoms with Crippen molar-refractivity contribution >= 4 is 47.3 Å². The summed E-state index contributed by atoms with van der Waals surface area (Å²) in [4.78, 5) is 23.3. The maximum Gasteiger partial charge on any atom is 0.335 e. The van der Waals surface area contributed by atoms with Crippen LogP contribution in [0.15, 0.2) is 72.4 Å². The van der Waals surface area contributed by atoms with E-state index in [0.717, 1.165) is 51.7 Å². The van der Waals surface area contributed by atoms with Gasteiger partial charge in [0.05, 0.1) is 5.57 Å². The highest BCUT2D eigenvalue weighted by atomic mass is 35.5. The van der Waals surface area contributed by atoms with Gasteiger partial charge in [0.2, 0.25) is 0 Å². The molecule has 0 spiro atoms. The number of carboxylic acids is 1. The average Bonchev–Trinajstić information content (AvgIpc) is 3.08. The lowest BCUT2D eigenvalue weighted by Crippen LogP contribution is -2.23. The van der Waals surface area contributed by atoms with Crippen LogP contribution >= 0.6 is 11.6 Å². The molecule has 3 aromatic rings. The van der Waals surface area contributed by atoms with E-state index in [9.17, 15) is 9.59 Å². The first-order valence-electron chi connectivity index (χ1n) is 11.2. The standard InChI is InChI=1S/C18H13ClO.C11H9NO2/c19-16-7-3-6-13-14-9-8-11-4-1-2-5-12(11)18(14)17(20)10-15(13)16;13-11(14)9-5-6-12-10-4-2-1-3-8(10)7-9/h3-4,6-10H,1-2,5H2;1-7,12H,(H,13,14). The second kappa shape index (κ2) is 9.16. The highest BCUT2D eigenvalue weighted by molar-refractivity contribution is 6.31. The summed E-state index contributed by atoms with van der Waals surface area (Å²) in [5.41, 5.74) is 4.17. The summed E-state index contributed by atoms with van der Waals surface area (Å²) in [6.45, 7) is 0. The van der Waals surface area contributed by atoms with Crippen molar-refractivity contribution in [3.8, 4) is 0 Å². The molecule has 2 aliphatic carbocycles. The van der Waals surface area contributed by atoms with Crippen LogP contribution in [0.4, 0.5) is 5.69 Å². The highest BCUT2D eigenvalue weighted by Gasteiger charge is 2.18. The number of rotatable bonds is 1. The van der Waals surface area contributed by atoms with Gasteiger partial charge in [-0.05, 0) is 76.4 Å². The van der Waals surface area contributed by atoms with Crippen LogP contribution in [0, 0.1) is 10.4 Å². The van der Waals surface area contributed by atoms with Crippen LogP contribution in [-0.4, -0.2) is 16.9 Å². The minimum atomic E-state index is -0.917. The summed E-state index contributed by atoms with van der Waals surface area (Å²) in [6.07, 6.45) is 12.0. The third kappa shape index (κ3) is 4.09. The number of ketones is 1. The van der Waals surface area contributed by atoms with Crippen LogP contribution in [0.5, 0.6) is 0 Å². The molecule has 0 unspecified atom stereocenters. The Kier molecular flexibility index (Phi) is 5.91. The average molecular weight is 468 g/mol. The molecular weight excluding hydrogens is 446 g/mol. The van der Waals surface area contributed by atoms with E-state index in [-0.39, 0.29) is 11.4 Å². The molecule has 4 nitrogen and oxygen atoms in total. The maximum absolute atomic E-state index is 12.5. The molecular formula is C29H22ClNO3. The number of hydrogen-bond donors (Lipinski definition) is 2. The fourth-order valence-electron chi connectivity index (χ4n) is 4.61. The van der Waals surface area contributed by atoms with Gasteiger partial charge in [0.15, 0.2) is 5.78 Å². The molecule has 0 bridgehead atoms. The Morgan fingerprint density at radius 3 is 2.68 bits per heavy atom. The van der Waals surface area contributed by atoms with E-state index in [4.69, 9.17) is 16.7 Å². The lowest BCUT2D eigenvalue weighted by Gasteiger charge is -2.15. The first-order valence-corrected chi connectivity index (χ1v) is 11.5. The Morgan fingerprint density at radius 1 is 0.971 bits per heavy atom. The fourth-order valence-corrected chi connectivity index (χ4v) is 4.84. The summed E-state index contributed by atoms with van der Waals surface area (Å²) in [5.74, 6) is -0.826. The van der Waals surface area contributed by atoms with Gasteiger partial charge in [-0.3, -0.25) is 4.79 Å². The van der Waals surface area contributed by atoms with Crippen molar-refractivity contribution in [3.05, 3.63) is 115 Å². The van der Waals surface area contributed by atoms with E-state index in [2.05, 4.69) is 23.5 Å². The van der Waals surface area contributed by atoms with Crippen molar-refractivity contribution in [3.63, 3.8) is 0 Å². The van der Waals surface area contributed by atoms with Gasteiger partial charge in [-0.15, -0.1) is 0 Å². The predicted octanol–water partition coefficient (Wildman–Crippen LogP) is 4.81. The molecule has 5 heteroatoms. The number of carbonyl (C=O) groups is 2. The molecule has 0 amide bonds. The van der Waals surface area contributed by atoms with Crippen molar-refractivity contribution in [2.24, 2.45) is 0 Å². The van der Waals surface area contributed by atoms with Crippen LogP contribution in [0.1, 0.15) is 34.3 Å². The Labute approximate surface area is 201 Å². The summed E-state index contributed by atoms with van der Waals surface area (Å²) in [7, 11) is 0. The number of aliphatic carboxylic acids is 1. The lowest BCUT2D eigenvalue weighted by atomic mass is 9.88. The normalized spacial score (nSPS) is 14.7. The second-order valence-corrected chi connectivity index (χ2v) is 8.74. The number of benzene rings is 3. The van der Waals surface area contributed by atoms with Crippen molar-refractivity contribution < 1.29 is 14.7 Å². The minimum absolute atomic E-state index is 0.0905. The van der Waals surface area contributed by atoms with Gasteiger partial charge in [-0.2, -0.15) is 0 Å². The predicted molar refractivity (Wildman–Crippen MR) is 136 cm³/mol. The SMILES string of the molecule is O=C(O)C1=Cc2ccccc2NC=C1.O=C1C=c2c(Cl)cccc2=c2ccc3c(c21)CCCC=3. The van der Waals surface area contributed by atoms with Gasteiger partial charge in [0, 0.05) is 27.7 Å². The topological polar surface area (TPSA) is 66.4 Å².